The molecule has 0 saturated carbocycles. The number of aromatic nitrogens is 1. The fourth-order valence-corrected chi connectivity index (χ4v) is 8.71. The van der Waals surface area contributed by atoms with E-state index in [0.717, 1.165) is 11.2 Å². The van der Waals surface area contributed by atoms with Crippen molar-refractivity contribution in [3.05, 3.63) is 95.0 Å². The van der Waals surface area contributed by atoms with Crippen LogP contribution >= 0.6 is 24.0 Å². The second kappa shape index (κ2) is 16.8. The monoisotopic (exact) mass is 846 g/mol. The number of oxazole rings is 1. The van der Waals surface area contributed by atoms with Crippen molar-refractivity contribution in [3.8, 4) is 51.2 Å². The number of nitrogens with two attached hydrogens (primary N) is 1. The summed E-state index contributed by atoms with van der Waals surface area (Å²) in [5.41, 5.74) is 8.80. The van der Waals surface area contributed by atoms with Gasteiger partial charge >= 0.3 is 5.97 Å². The summed E-state index contributed by atoms with van der Waals surface area (Å²) in [6, 6.07) is 17.0. The quantitative estimate of drug-likeness (QED) is 0.0364. The molecule has 60 heavy (non-hydrogen) atoms. The number of anilines is 1. The maximum atomic E-state index is 12.9. The van der Waals surface area contributed by atoms with Gasteiger partial charge in [-0.3, -0.25) is 10.2 Å². The summed E-state index contributed by atoms with van der Waals surface area (Å²) in [4.78, 5) is 43.5. The summed E-state index contributed by atoms with van der Waals surface area (Å²) in [6.07, 6.45) is 4.63. The number of aromatic carboxylic acids is 1. The number of ether oxygens (including phenoxy) is 2. The Morgan fingerprint density at radius 2 is 1.92 bits per heavy atom. The molecule has 18 heteroatoms. The highest BCUT2D eigenvalue weighted by Crippen LogP contribution is 2.44. The number of amidine groups is 2. The Kier molecular flexibility index (Phi) is 11.2. The molecule has 306 valence electrons. The summed E-state index contributed by atoms with van der Waals surface area (Å²) in [5.74, 6) is 1.15. The molecule has 0 saturated heterocycles. The number of thiocarbonyl (C=S) groups is 1. The molecule has 4 aliphatic rings. The number of carbonyl (C=O) groups is 1. The third-order valence-electron chi connectivity index (χ3n) is 9.94. The zero-order valence-corrected chi connectivity index (χ0v) is 33.9. The highest BCUT2D eigenvalue weighted by molar-refractivity contribution is 8.14. The first-order chi connectivity index (χ1) is 29.0. The SMILES string of the molecule is CC(C)N(CCCN1C(Sc2cc3c(cc2-c2ncco2)OCO3)=NC(CN)/C1=N\C=N)C(=S)Nc1ccc(-c2c3ccc(=O)cc-3oc3cc(O)ccc23)c(C(=O)O)c1. The lowest BCUT2D eigenvalue weighted by atomic mass is 9.90. The summed E-state index contributed by atoms with van der Waals surface area (Å²) in [7, 11) is 0. The lowest BCUT2D eigenvalue weighted by molar-refractivity contribution is 0.0697. The predicted molar refractivity (Wildman–Crippen MR) is 233 cm³/mol. The molecular formula is C42H38N8O8S2. The van der Waals surface area contributed by atoms with Crippen LogP contribution in [0.1, 0.15) is 30.6 Å². The highest BCUT2D eigenvalue weighted by Gasteiger charge is 2.34. The number of nitrogens with zero attached hydrogens (tertiary/aromatic N) is 5. The van der Waals surface area contributed by atoms with E-state index >= 15 is 0 Å². The molecule has 4 heterocycles. The average Bonchev–Trinajstić information content (AvgIpc) is 3.99. The number of phenolic OH excluding ortho intramolecular Hbond substituents is 1. The number of aliphatic imine (C=N–C) groups is 2. The zero-order chi connectivity index (χ0) is 42.1. The molecule has 4 aromatic rings. The van der Waals surface area contributed by atoms with Crippen LogP contribution in [0.4, 0.5) is 5.69 Å². The molecule has 0 amide bonds. The molecule has 3 aromatic carbocycles. The minimum atomic E-state index is -1.17. The minimum Gasteiger partial charge on any atom is -0.508 e. The van der Waals surface area contributed by atoms with E-state index in [2.05, 4.69) is 15.3 Å². The van der Waals surface area contributed by atoms with Gasteiger partial charge in [0.1, 0.15) is 41.6 Å². The molecule has 8 rings (SSSR count). The van der Waals surface area contributed by atoms with Gasteiger partial charge in [-0.25, -0.2) is 19.8 Å². The molecule has 6 N–H and O–H groups in total. The standard InChI is InChI=1S/C42H38N8O8S2/c1-22(2)49(11-3-12-50-38(46-20-44)31(19-43)48-42(50)60-36-18-35-34(56-21-57-35)17-30(36)39-45-10-13-55-39)41(59)47-23-4-7-26(29(14-23)40(53)54)37-27-8-5-24(51)15-32(27)58-33-16-25(52)6-9-28(33)37/h4-10,13-18,20,22,31,44,51H,3,11-12,19,21,43H2,1-2H3,(H,47,59)(H,53,54)/b44-20?,46-38+. The van der Waals surface area contributed by atoms with Crippen LogP contribution in [0.5, 0.6) is 17.2 Å². The van der Waals surface area contributed by atoms with Crippen molar-refractivity contribution < 1.29 is 33.3 Å². The third kappa shape index (κ3) is 7.86. The molecule has 1 unspecified atom stereocenters. The number of thioether (sulfide) groups is 1. The van der Waals surface area contributed by atoms with Gasteiger partial charge in [0.05, 0.1) is 17.3 Å². The summed E-state index contributed by atoms with van der Waals surface area (Å²) in [5, 5.41) is 33.3. The van der Waals surface area contributed by atoms with Gasteiger partial charge in [-0.1, -0.05) is 17.8 Å². The molecular weight excluding hydrogens is 809 g/mol. The van der Waals surface area contributed by atoms with Gasteiger partial charge in [0.2, 0.25) is 12.7 Å². The normalized spacial score (nSPS) is 15.3. The summed E-state index contributed by atoms with van der Waals surface area (Å²) in [6.45, 7) is 5.25. The Labute approximate surface area is 352 Å². The summed E-state index contributed by atoms with van der Waals surface area (Å²) >= 11 is 7.30. The van der Waals surface area contributed by atoms with E-state index in [4.69, 9.17) is 46.7 Å². The van der Waals surface area contributed by atoms with E-state index in [-0.39, 0.29) is 41.9 Å². The molecule has 1 atom stereocenters. The van der Waals surface area contributed by atoms with E-state index in [1.165, 1.54) is 48.4 Å². The van der Waals surface area contributed by atoms with Crippen molar-refractivity contribution in [3.63, 3.8) is 0 Å². The van der Waals surface area contributed by atoms with Gasteiger partial charge in [-0.2, -0.15) is 0 Å². The van der Waals surface area contributed by atoms with Crippen LogP contribution in [0.3, 0.4) is 0 Å². The van der Waals surface area contributed by atoms with Crippen LogP contribution in [-0.4, -0.2) is 91.9 Å². The van der Waals surface area contributed by atoms with Gasteiger partial charge in [0.15, 0.2) is 27.2 Å². The van der Waals surface area contributed by atoms with Crippen LogP contribution in [0.2, 0.25) is 0 Å². The van der Waals surface area contributed by atoms with Crippen molar-refractivity contribution in [1.29, 1.82) is 5.41 Å². The Morgan fingerprint density at radius 1 is 1.12 bits per heavy atom. The maximum Gasteiger partial charge on any atom is 0.336 e. The highest BCUT2D eigenvalue weighted by atomic mass is 32.2. The van der Waals surface area contributed by atoms with E-state index in [9.17, 15) is 19.8 Å². The number of fused-ring (bicyclic) bond motifs is 3. The Balaban J connectivity index is 1.03. The number of carboxylic acids is 1. The lowest BCUT2D eigenvalue weighted by Gasteiger charge is -2.31. The van der Waals surface area contributed by atoms with Crippen molar-refractivity contribution in [2.75, 3.05) is 31.7 Å². The van der Waals surface area contributed by atoms with Crippen LogP contribution in [-0.2, 0) is 0 Å². The summed E-state index contributed by atoms with van der Waals surface area (Å²) < 4.78 is 22.9. The van der Waals surface area contributed by atoms with Crippen LogP contribution in [0, 0.1) is 5.41 Å². The molecule has 3 aliphatic heterocycles. The predicted octanol–water partition coefficient (Wildman–Crippen LogP) is 6.95. The lowest BCUT2D eigenvalue weighted by Crippen LogP contribution is -2.43. The van der Waals surface area contributed by atoms with E-state index < -0.39 is 12.0 Å². The molecule has 1 aromatic heterocycles. The van der Waals surface area contributed by atoms with E-state index in [0.29, 0.717) is 91.9 Å². The number of hydrogen-bond acceptors (Lipinski definition) is 13. The maximum absolute atomic E-state index is 12.9. The van der Waals surface area contributed by atoms with Crippen LogP contribution in [0.25, 0.3) is 44.9 Å². The van der Waals surface area contributed by atoms with Gasteiger partial charge in [-0.05, 0) is 86.6 Å². The number of benzene rings is 4. The first-order valence-corrected chi connectivity index (χ1v) is 20.0. The average molecular weight is 847 g/mol. The first-order valence-electron chi connectivity index (χ1n) is 18.8. The van der Waals surface area contributed by atoms with E-state index in [1.54, 1.807) is 30.5 Å². The number of rotatable bonds is 12. The van der Waals surface area contributed by atoms with Crippen molar-refractivity contribution in [2.45, 2.75) is 37.2 Å². The van der Waals surface area contributed by atoms with Crippen LogP contribution < -0.4 is 26.0 Å². The third-order valence-corrected chi connectivity index (χ3v) is 11.3. The molecule has 0 fully saturated rings. The zero-order valence-electron chi connectivity index (χ0n) is 32.2. The molecule has 0 bridgehead atoms. The fraction of sp³-hybridized carbons (Fsp3) is 0.214. The van der Waals surface area contributed by atoms with Gasteiger partial charge in [0, 0.05) is 64.9 Å². The van der Waals surface area contributed by atoms with Gasteiger partial charge < -0.3 is 49.4 Å². The number of nitrogens with one attached hydrogen (secondary N) is 2. The van der Waals surface area contributed by atoms with Crippen molar-refractivity contribution in [1.82, 2.24) is 14.8 Å². The molecule has 1 aliphatic carbocycles. The number of hydrogen-bond donors (Lipinski definition) is 5. The molecule has 0 radical (unpaired) electrons. The molecule has 0 spiro atoms. The topological polar surface area (TPSA) is 225 Å². The first kappa shape index (κ1) is 40.0. The molecule has 16 nitrogen and oxygen atoms in total. The van der Waals surface area contributed by atoms with Gasteiger partial charge in [0.25, 0.3) is 0 Å². The Bertz CT molecular complexity index is 2730. The van der Waals surface area contributed by atoms with Crippen molar-refractivity contribution >= 4 is 69.1 Å². The second-order valence-electron chi connectivity index (χ2n) is 14.0. The van der Waals surface area contributed by atoms with Crippen LogP contribution in [0.15, 0.2) is 108 Å². The number of phenols is 1. The van der Waals surface area contributed by atoms with Gasteiger partial charge in [-0.15, -0.1) is 0 Å². The Hall–Kier alpha value is -6.76. The minimum absolute atomic E-state index is 0.00811. The fourth-order valence-electron chi connectivity index (χ4n) is 7.19. The van der Waals surface area contributed by atoms with Crippen molar-refractivity contribution in [2.24, 2.45) is 15.7 Å². The number of aromatic hydroxyl groups is 1. The van der Waals surface area contributed by atoms with E-state index in [1.807, 2.05) is 35.8 Å². The largest absolute Gasteiger partial charge is 0.508 e. The second-order valence-corrected chi connectivity index (χ2v) is 15.4. The number of carboxylic acid groups (broad SMARTS) is 1. The Morgan fingerprint density at radius 3 is 2.65 bits per heavy atom. The smallest absolute Gasteiger partial charge is 0.336 e.